The highest BCUT2D eigenvalue weighted by molar-refractivity contribution is 5.21. The highest BCUT2D eigenvalue weighted by atomic mass is 16.1. The molecule has 4 heteroatoms. The lowest BCUT2D eigenvalue weighted by molar-refractivity contribution is 0.275. The zero-order chi connectivity index (χ0) is 13.4. The first-order chi connectivity index (χ1) is 9.13. The Labute approximate surface area is 114 Å². The fraction of sp³-hybridized carbons (Fsp3) is 0.733. The second-order valence-corrected chi connectivity index (χ2v) is 6.28. The number of nitrogens with one attached hydrogen (secondary N) is 1. The highest BCUT2D eigenvalue weighted by Gasteiger charge is 2.26. The van der Waals surface area contributed by atoms with Gasteiger partial charge < -0.3 is 9.88 Å². The topological polar surface area (TPSA) is 49.0 Å². The van der Waals surface area contributed by atoms with Gasteiger partial charge in [-0.3, -0.25) is 4.79 Å². The molecular formula is C15H23N3O. The molecule has 1 fully saturated rings. The number of hydrogen-bond acceptors (Lipinski definition) is 3. The van der Waals surface area contributed by atoms with E-state index in [1.54, 1.807) is 0 Å². The van der Waals surface area contributed by atoms with Crippen molar-refractivity contribution in [1.82, 2.24) is 14.9 Å². The van der Waals surface area contributed by atoms with Gasteiger partial charge in [0.05, 0.1) is 5.69 Å². The predicted molar refractivity (Wildman–Crippen MR) is 75.5 cm³/mol. The van der Waals surface area contributed by atoms with Gasteiger partial charge in [0.1, 0.15) is 5.82 Å². The van der Waals surface area contributed by atoms with Crippen molar-refractivity contribution in [2.75, 3.05) is 19.6 Å². The number of aromatic amines is 1. The van der Waals surface area contributed by atoms with Crippen LogP contribution in [-0.4, -0.2) is 34.5 Å². The smallest absolute Gasteiger partial charge is 0.254 e. The van der Waals surface area contributed by atoms with Gasteiger partial charge in [-0.1, -0.05) is 13.8 Å². The summed E-state index contributed by atoms with van der Waals surface area (Å²) >= 11 is 0. The predicted octanol–water partition coefficient (Wildman–Crippen LogP) is 1.70. The Morgan fingerprint density at radius 3 is 2.74 bits per heavy atom. The lowest BCUT2D eigenvalue weighted by Crippen LogP contribution is -2.28. The van der Waals surface area contributed by atoms with Crippen molar-refractivity contribution < 1.29 is 0 Å². The lowest BCUT2D eigenvalue weighted by atomic mass is 10.1. The van der Waals surface area contributed by atoms with Crippen molar-refractivity contribution in [3.8, 4) is 0 Å². The van der Waals surface area contributed by atoms with E-state index < -0.39 is 0 Å². The van der Waals surface area contributed by atoms with Gasteiger partial charge in [0.2, 0.25) is 0 Å². The van der Waals surface area contributed by atoms with E-state index in [0.29, 0.717) is 0 Å². The first-order valence-corrected chi connectivity index (χ1v) is 7.48. The minimum atomic E-state index is 0.0852. The SMILES string of the molecule is CC(C)c1nc2c(c(=O)[nH]1)CCN(CC1CC1)CC2. The molecule has 104 valence electrons. The Hall–Kier alpha value is -1.16. The number of nitrogens with zero attached hydrogens (tertiary/aromatic N) is 2. The van der Waals surface area contributed by atoms with E-state index in [1.165, 1.54) is 19.4 Å². The van der Waals surface area contributed by atoms with Gasteiger partial charge in [0, 0.05) is 37.5 Å². The summed E-state index contributed by atoms with van der Waals surface area (Å²) in [6, 6.07) is 0. The molecule has 0 unspecified atom stereocenters. The number of rotatable bonds is 3. The third kappa shape index (κ3) is 2.89. The van der Waals surface area contributed by atoms with Crippen LogP contribution in [0.5, 0.6) is 0 Å². The van der Waals surface area contributed by atoms with Crippen LogP contribution in [0.1, 0.15) is 49.7 Å². The zero-order valence-corrected chi connectivity index (χ0v) is 11.9. The molecule has 0 radical (unpaired) electrons. The van der Waals surface area contributed by atoms with Crippen LogP contribution in [0, 0.1) is 5.92 Å². The molecule has 0 saturated heterocycles. The molecular weight excluding hydrogens is 238 g/mol. The van der Waals surface area contributed by atoms with Crippen molar-refractivity contribution in [2.45, 2.75) is 45.4 Å². The van der Waals surface area contributed by atoms with Crippen LogP contribution in [0.15, 0.2) is 4.79 Å². The van der Waals surface area contributed by atoms with Crippen LogP contribution in [-0.2, 0) is 12.8 Å². The van der Waals surface area contributed by atoms with E-state index in [-0.39, 0.29) is 11.5 Å². The maximum atomic E-state index is 12.2. The second-order valence-electron chi connectivity index (χ2n) is 6.28. The average Bonchev–Trinajstić information content (AvgIpc) is 3.18. The molecule has 0 aromatic carbocycles. The molecule has 0 bridgehead atoms. The average molecular weight is 261 g/mol. The fourth-order valence-corrected chi connectivity index (χ4v) is 2.80. The molecule has 1 aliphatic carbocycles. The molecule has 2 heterocycles. The van der Waals surface area contributed by atoms with Crippen LogP contribution in [0.3, 0.4) is 0 Å². The molecule has 1 aromatic heterocycles. The summed E-state index contributed by atoms with van der Waals surface area (Å²) in [6.07, 6.45) is 4.55. The quantitative estimate of drug-likeness (QED) is 0.901. The van der Waals surface area contributed by atoms with Gasteiger partial charge in [-0.2, -0.15) is 0 Å². The number of fused-ring (bicyclic) bond motifs is 1. The summed E-state index contributed by atoms with van der Waals surface area (Å²) in [4.78, 5) is 22.3. The van der Waals surface area contributed by atoms with E-state index in [9.17, 15) is 4.79 Å². The molecule has 4 nitrogen and oxygen atoms in total. The lowest BCUT2D eigenvalue weighted by Gasteiger charge is -2.18. The summed E-state index contributed by atoms with van der Waals surface area (Å²) in [5.74, 6) is 2.03. The maximum Gasteiger partial charge on any atom is 0.254 e. The standard InChI is InChI=1S/C15H23N3O/c1-10(2)14-16-13-6-8-18(9-11-3-4-11)7-5-12(13)15(19)17-14/h10-11H,3-9H2,1-2H3,(H,16,17,19). The Kier molecular flexibility index (Phi) is 3.44. The number of H-pyrrole nitrogens is 1. The minimum absolute atomic E-state index is 0.0852. The largest absolute Gasteiger partial charge is 0.310 e. The first kappa shape index (κ1) is 12.9. The molecule has 0 amide bonds. The van der Waals surface area contributed by atoms with Gasteiger partial charge in [0.25, 0.3) is 5.56 Å². The van der Waals surface area contributed by atoms with Gasteiger partial charge in [-0.25, -0.2) is 4.98 Å². The van der Waals surface area contributed by atoms with Crippen LogP contribution in [0.2, 0.25) is 0 Å². The molecule has 0 spiro atoms. The Bertz CT molecular complexity index is 517. The van der Waals surface area contributed by atoms with E-state index in [2.05, 4.69) is 28.7 Å². The summed E-state index contributed by atoms with van der Waals surface area (Å²) in [5.41, 5.74) is 2.04. The molecule has 2 aliphatic rings. The summed E-state index contributed by atoms with van der Waals surface area (Å²) in [6.45, 7) is 7.41. The number of hydrogen-bond donors (Lipinski definition) is 1. The molecule has 19 heavy (non-hydrogen) atoms. The van der Waals surface area contributed by atoms with E-state index in [1.807, 2.05) is 0 Å². The van der Waals surface area contributed by atoms with E-state index >= 15 is 0 Å². The van der Waals surface area contributed by atoms with Gasteiger partial charge in [-0.05, 0) is 25.2 Å². The van der Waals surface area contributed by atoms with E-state index in [4.69, 9.17) is 0 Å². The second kappa shape index (κ2) is 5.08. The third-order valence-electron chi connectivity index (χ3n) is 4.22. The molecule has 1 N–H and O–H groups in total. The van der Waals surface area contributed by atoms with Crippen molar-refractivity contribution in [3.05, 3.63) is 27.4 Å². The molecule has 0 atom stereocenters. The monoisotopic (exact) mass is 261 g/mol. The van der Waals surface area contributed by atoms with Gasteiger partial charge >= 0.3 is 0 Å². The van der Waals surface area contributed by atoms with Crippen LogP contribution in [0.25, 0.3) is 0 Å². The summed E-state index contributed by atoms with van der Waals surface area (Å²) < 4.78 is 0. The normalized spacial score (nSPS) is 20.4. The summed E-state index contributed by atoms with van der Waals surface area (Å²) in [7, 11) is 0. The molecule has 1 aromatic rings. The molecule has 1 saturated carbocycles. The fourth-order valence-electron chi connectivity index (χ4n) is 2.80. The highest BCUT2D eigenvalue weighted by Crippen LogP contribution is 2.30. The van der Waals surface area contributed by atoms with Gasteiger partial charge in [0.15, 0.2) is 0 Å². The Morgan fingerprint density at radius 2 is 2.05 bits per heavy atom. The Morgan fingerprint density at radius 1 is 1.32 bits per heavy atom. The van der Waals surface area contributed by atoms with E-state index in [0.717, 1.165) is 48.9 Å². The first-order valence-electron chi connectivity index (χ1n) is 7.48. The zero-order valence-electron chi connectivity index (χ0n) is 11.9. The van der Waals surface area contributed by atoms with Gasteiger partial charge in [-0.15, -0.1) is 0 Å². The molecule has 3 rings (SSSR count). The van der Waals surface area contributed by atoms with Crippen molar-refractivity contribution in [2.24, 2.45) is 5.92 Å². The van der Waals surface area contributed by atoms with Crippen LogP contribution < -0.4 is 5.56 Å². The van der Waals surface area contributed by atoms with Crippen LogP contribution in [0.4, 0.5) is 0 Å². The summed E-state index contributed by atoms with van der Waals surface area (Å²) in [5, 5.41) is 0. The van der Waals surface area contributed by atoms with Crippen molar-refractivity contribution in [1.29, 1.82) is 0 Å². The maximum absolute atomic E-state index is 12.2. The minimum Gasteiger partial charge on any atom is -0.310 e. The third-order valence-corrected chi connectivity index (χ3v) is 4.22. The molecule has 1 aliphatic heterocycles. The van der Waals surface area contributed by atoms with Crippen molar-refractivity contribution in [3.63, 3.8) is 0 Å². The Balaban J connectivity index is 1.81. The van der Waals surface area contributed by atoms with Crippen molar-refractivity contribution >= 4 is 0 Å². The number of aromatic nitrogens is 2. The van der Waals surface area contributed by atoms with Crippen LogP contribution >= 0.6 is 0 Å².